The van der Waals surface area contributed by atoms with Crippen LogP contribution in [0.3, 0.4) is 0 Å². The number of nitrogens with zero attached hydrogens (tertiary/aromatic N) is 3. The first-order valence-corrected chi connectivity index (χ1v) is 11.3. The third kappa shape index (κ3) is 5.61. The van der Waals surface area contributed by atoms with Crippen molar-refractivity contribution in [1.82, 2.24) is 9.78 Å². The number of anilines is 2. The molecule has 176 valence electrons. The second kappa shape index (κ2) is 10.7. The molecular weight excluding hydrogens is 434 g/mol. The van der Waals surface area contributed by atoms with Crippen LogP contribution in [0, 0.1) is 0 Å². The predicted molar refractivity (Wildman–Crippen MR) is 129 cm³/mol. The van der Waals surface area contributed by atoms with Gasteiger partial charge < -0.3 is 20.7 Å². The van der Waals surface area contributed by atoms with Crippen molar-refractivity contribution in [2.75, 3.05) is 29.9 Å². The van der Waals surface area contributed by atoms with Crippen LogP contribution in [0.4, 0.5) is 11.4 Å². The minimum atomic E-state index is -0.578. The highest BCUT2D eigenvalue weighted by Gasteiger charge is 2.19. The minimum absolute atomic E-state index is 0.0772. The molecule has 0 radical (unpaired) electrons. The summed E-state index contributed by atoms with van der Waals surface area (Å²) in [5.74, 6) is -0.382. The van der Waals surface area contributed by atoms with Gasteiger partial charge in [0.2, 0.25) is 5.91 Å². The summed E-state index contributed by atoms with van der Waals surface area (Å²) in [5, 5.41) is 7.06. The van der Waals surface area contributed by atoms with E-state index in [9.17, 15) is 14.4 Å². The van der Waals surface area contributed by atoms with E-state index in [0.29, 0.717) is 17.0 Å². The maximum Gasteiger partial charge on any atom is 0.276 e. The summed E-state index contributed by atoms with van der Waals surface area (Å²) >= 11 is 0. The van der Waals surface area contributed by atoms with Gasteiger partial charge in [-0.25, -0.2) is 4.68 Å². The van der Waals surface area contributed by atoms with Crippen molar-refractivity contribution in [2.24, 2.45) is 5.73 Å². The number of benzene rings is 2. The van der Waals surface area contributed by atoms with E-state index >= 15 is 0 Å². The molecular formula is C25H27N5O4. The van der Waals surface area contributed by atoms with Gasteiger partial charge in [-0.1, -0.05) is 18.2 Å². The molecule has 3 aromatic rings. The number of aromatic nitrogens is 2. The number of rotatable bonds is 8. The predicted octanol–water partition coefficient (Wildman–Crippen LogP) is 2.66. The molecule has 2 heterocycles. The Morgan fingerprint density at radius 2 is 1.76 bits per heavy atom. The fourth-order valence-corrected chi connectivity index (χ4v) is 3.88. The maximum atomic E-state index is 13.0. The van der Waals surface area contributed by atoms with Gasteiger partial charge in [0.05, 0.1) is 17.9 Å². The lowest BCUT2D eigenvalue weighted by molar-refractivity contribution is 0.0995. The second-order valence-corrected chi connectivity index (χ2v) is 8.04. The number of carbonyl (C=O) groups excluding carboxylic acids is 2. The summed E-state index contributed by atoms with van der Waals surface area (Å²) in [6.07, 6.45) is 3.28. The molecule has 9 heteroatoms. The molecule has 0 atom stereocenters. The van der Waals surface area contributed by atoms with Gasteiger partial charge in [0.15, 0.2) is 0 Å². The van der Waals surface area contributed by atoms with Crippen molar-refractivity contribution in [3.8, 4) is 5.75 Å². The first-order valence-electron chi connectivity index (χ1n) is 11.3. The zero-order valence-corrected chi connectivity index (χ0v) is 18.8. The standard InChI is InChI=1S/C25H27N5O4/c26-24(32)18-9-11-22(29-13-5-2-6-14-29)21(17-18)27-25(33)20-10-12-23(31)30(28-20)15-16-34-19-7-3-1-4-8-19/h1,3-4,7-12,17H,2,5-6,13-16H2,(H2,26,32)(H,27,33). The summed E-state index contributed by atoms with van der Waals surface area (Å²) in [6, 6.07) is 17.0. The van der Waals surface area contributed by atoms with E-state index in [2.05, 4.69) is 15.3 Å². The summed E-state index contributed by atoms with van der Waals surface area (Å²) in [6.45, 7) is 2.14. The number of hydrogen-bond acceptors (Lipinski definition) is 6. The van der Waals surface area contributed by atoms with Crippen LogP contribution in [0.2, 0.25) is 0 Å². The number of carbonyl (C=O) groups is 2. The van der Waals surface area contributed by atoms with E-state index in [4.69, 9.17) is 10.5 Å². The molecule has 0 unspecified atom stereocenters. The number of ether oxygens (including phenoxy) is 1. The number of nitrogens with one attached hydrogen (secondary N) is 1. The zero-order valence-electron chi connectivity index (χ0n) is 18.8. The summed E-state index contributed by atoms with van der Waals surface area (Å²) < 4.78 is 6.83. The van der Waals surface area contributed by atoms with Crippen molar-refractivity contribution >= 4 is 23.2 Å². The Hall–Kier alpha value is -4.14. The molecule has 34 heavy (non-hydrogen) atoms. The van der Waals surface area contributed by atoms with Gasteiger partial charge in [-0.2, -0.15) is 5.10 Å². The van der Waals surface area contributed by atoms with E-state index < -0.39 is 11.8 Å². The van der Waals surface area contributed by atoms with E-state index in [1.165, 1.54) is 16.8 Å². The lowest BCUT2D eigenvalue weighted by atomic mass is 10.1. The molecule has 4 rings (SSSR count). The Kier molecular flexibility index (Phi) is 7.22. The molecule has 0 aliphatic carbocycles. The molecule has 1 aliphatic heterocycles. The molecule has 0 bridgehead atoms. The highest BCUT2D eigenvalue weighted by atomic mass is 16.5. The van der Waals surface area contributed by atoms with Crippen molar-refractivity contribution in [3.63, 3.8) is 0 Å². The molecule has 9 nitrogen and oxygen atoms in total. The minimum Gasteiger partial charge on any atom is -0.492 e. The summed E-state index contributed by atoms with van der Waals surface area (Å²) in [7, 11) is 0. The average molecular weight is 462 g/mol. The van der Waals surface area contributed by atoms with E-state index in [1.807, 2.05) is 30.3 Å². The topological polar surface area (TPSA) is 120 Å². The van der Waals surface area contributed by atoms with Crippen LogP contribution in [-0.2, 0) is 6.54 Å². The Morgan fingerprint density at radius 3 is 2.50 bits per heavy atom. The van der Waals surface area contributed by atoms with Gasteiger partial charge in [-0.3, -0.25) is 14.4 Å². The first-order chi connectivity index (χ1) is 16.5. The van der Waals surface area contributed by atoms with Gasteiger partial charge >= 0.3 is 0 Å². The van der Waals surface area contributed by atoms with Crippen LogP contribution >= 0.6 is 0 Å². The zero-order chi connectivity index (χ0) is 23.9. The third-order valence-electron chi connectivity index (χ3n) is 5.64. The Balaban J connectivity index is 1.51. The third-order valence-corrected chi connectivity index (χ3v) is 5.64. The number of para-hydroxylation sites is 1. The number of piperidine rings is 1. The molecule has 0 spiro atoms. The van der Waals surface area contributed by atoms with Crippen LogP contribution in [-0.4, -0.2) is 41.3 Å². The van der Waals surface area contributed by atoms with Gasteiger partial charge in [0.1, 0.15) is 18.1 Å². The van der Waals surface area contributed by atoms with Crippen LogP contribution in [0.15, 0.2) is 65.5 Å². The molecule has 2 amide bonds. The van der Waals surface area contributed by atoms with Crippen LogP contribution in [0.5, 0.6) is 5.75 Å². The molecule has 2 aromatic carbocycles. The number of nitrogens with two attached hydrogens (primary N) is 1. The van der Waals surface area contributed by atoms with Gasteiger partial charge in [0.25, 0.3) is 11.5 Å². The van der Waals surface area contributed by atoms with E-state index in [0.717, 1.165) is 38.0 Å². The van der Waals surface area contributed by atoms with Crippen LogP contribution < -0.4 is 26.2 Å². The summed E-state index contributed by atoms with van der Waals surface area (Å²) in [5.41, 5.74) is 6.79. The molecule has 1 fully saturated rings. The lowest BCUT2D eigenvalue weighted by Crippen LogP contribution is -2.31. The van der Waals surface area contributed by atoms with Gasteiger partial charge in [-0.15, -0.1) is 0 Å². The van der Waals surface area contributed by atoms with Crippen molar-refractivity contribution < 1.29 is 14.3 Å². The van der Waals surface area contributed by atoms with Gasteiger partial charge in [-0.05, 0) is 55.7 Å². The summed E-state index contributed by atoms with van der Waals surface area (Å²) in [4.78, 5) is 39.2. The monoisotopic (exact) mass is 461 g/mol. The van der Waals surface area contributed by atoms with Crippen molar-refractivity contribution in [3.05, 3.63) is 82.3 Å². The quantitative estimate of drug-likeness (QED) is 0.532. The van der Waals surface area contributed by atoms with E-state index in [-0.39, 0.29) is 24.4 Å². The smallest absolute Gasteiger partial charge is 0.276 e. The molecule has 1 saturated heterocycles. The number of primary amides is 1. The molecule has 1 aliphatic rings. The SMILES string of the molecule is NC(=O)c1ccc(N2CCCCC2)c(NC(=O)c2ccc(=O)n(CCOc3ccccc3)n2)c1. The largest absolute Gasteiger partial charge is 0.492 e. The highest BCUT2D eigenvalue weighted by molar-refractivity contribution is 6.06. The van der Waals surface area contributed by atoms with Crippen molar-refractivity contribution in [2.45, 2.75) is 25.8 Å². The fourth-order valence-electron chi connectivity index (χ4n) is 3.88. The fraction of sp³-hybridized carbons (Fsp3) is 0.280. The molecule has 0 saturated carbocycles. The second-order valence-electron chi connectivity index (χ2n) is 8.04. The maximum absolute atomic E-state index is 13.0. The van der Waals surface area contributed by atoms with E-state index in [1.54, 1.807) is 18.2 Å². The Morgan fingerprint density at radius 1 is 1.00 bits per heavy atom. The normalized spacial score (nSPS) is 13.4. The Bertz CT molecular complexity index is 1220. The Labute approximate surface area is 197 Å². The number of amides is 2. The highest BCUT2D eigenvalue weighted by Crippen LogP contribution is 2.30. The van der Waals surface area contributed by atoms with Crippen molar-refractivity contribution in [1.29, 1.82) is 0 Å². The average Bonchev–Trinajstić information content (AvgIpc) is 2.86. The lowest BCUT2D eigenvalue weighted by Gasteiger charge is -2.30. The van der Waals surface area contributed by atoms with Crippen LogP contribution in [0.1, 0.15) is 40.1 Å². The van der Waals surface area contributed by atoms with Crippen LogP contribution in [0.25, 0.3) is 0 Å². The molecule has 1 aromatic heterocycles. The molecule has 3 N–H and O–H groups in total. The first kappa shape index (κ1) is 23.0. The number of hydrogen-bond donors (Lipinski definition) is 2. The van der Waals surface area contributed by atoms with Gasteiger partial charge in [0, 0.05) is 24.7 Å².